The van der Waals surface area contributed by atoms with Crippen LogP contribution in [0, 0.1) is 5.82 Å². The van der Waals surface area contributed by atoms with Crippen molar-refractivity contribution in [3.05, 3.63) is 83.4 Å². The maximum atomic E-state index is 13.0. The summed E-state index contributed by atoms with van der Waals surface area (Å²) < 4.78 is 24.1. The molecule has 0 saturated carbocycles. The van der Waals surface area contributed by atoms with Crippen molar-refractivity contribution in [2.45, 2.75) is 13.0 Å². The zero-order valence-corrected chi connectivity index (χ0v) is 15.4. The number of nitrogens with zero attached hydrogens (tertiary/aromatic N) is 3. The van der Waals surface area contributed by atoms with Crippen LogP contribution < -0.4 is 16.2 Å². The van der Waals surface area contributed by atoms with Crippen LogP contribution in [0.4, 0.5) is 16.0 Å². The fraction of sp³-hybridized carbons (Fsp3) is 0.0952. The molecular formula is C21H18FN5O2. The zero-order valence-electron chi connectivity index (χ0n) is 15.4. The summed E-state index contributed by atoms with van der Waals surface area (Å²) in [6.07, 6.45) is 0.458. The van der Waals surface area contributed by atoms with Gasteiger partial charge in [-0.1, -0.05) is 23.4 Å². The highest BCUT2D eigenvalue weighted by Crippen LogP contribution is 2.26. The van der Waals surface area contributed by atoms with Crippen LogP contribution >= 0.6 is 0 Å². The summed E-state index contributed by atoms with van der Waals surface area (Å²) in [4.78, 5) is 8.50. The number of nitrogens with two attached hydrogens (primary N) is 2. The van der Waals surface area contributed by atoms with E-state index in [1.165, 1.54) is 12.1 Å². The molecule has 146 valence electrons. The Labute approximate surface area is 166 Å². The standard InChI is InChI=1S/C21H18FN5O2/c22-14-6-4-13(5-7-14)12-28-20-3-1-2-15(25-20)10-16-11-18(29-27-16)17-8-9-19(23)26-21(17)24/h1-9,11H,10,12H2,(H4,23,24,26). The number of nitrogen functional groups attached to an aromatic ring is 2. The van der Waals surface area contributed by atoms with E-state index >= 15 is 0 Å². The second-order valence-corrected chi connectivity index (χ2v) is 6.41. The fourth-order valence-electron chi connectivity index (χ4n) is 2.78. The minimum absolute atomic E-state index is 0.280. The molecule has 0 aliphatic heterocycles. The van der Waals surface area contributed by atoms with Gasteiger partial charge in [0.25, 0.3) is 0 Å². The number of hydrogen-bond donors (Lipinski definition) is 2. The van der Waals surface area contributed by atoms with E-state index in [0.717, 1.165) is 11.3 Å². The van der Waals surface area contributed by atoms with E-state index in [9.17, 15) is 4.39 Å². The highest BCUT2D eigenvalue weighted by molar-refractivity contribution is 5.71. The SMILES string of the molecule is Nc1ccc(-c2cc(Cc3cccc(OCc4ccc(F)cc4)n3)no2)c(N)n1. The molecule has 0 spiro atoms. The van der Waals surface area contributed by atoms with E-state index in [-0.39, 0.29) is 11.6 Å². The molecule has 0 unspecified atom stereocenters. The number of benzene rings is 1. The van der Waals surface area contributed by atoms with E-state index in [1.54, 1.807) is 36.4 Å². The first-order valence-corrected chi connectivity index (χ1v) is 8.88. The molecule has 0 fully saturated rings. The van der Waals surface area contributed by atoms with Crippen molar-refractivity contribution in [1.82, 2.24) is 15.1 Å². The highest BCUT2D eigenvalue weighted by Gasteiger charge is 2.12. The molecule has 0 amide bonds. The third kappa shape index (κ3) is 4.49. The Morgan fingerprint density at radius 2 is 1.76 bits per heavy atom. The number of pyridine rings is 2. The van der Waals surface area contributed by atoms with E-state index < -0.39 is 0 Å². The molecule has 0 aliphatic rings. The van der Waals surface area contributed by atoms with Crippen LogP contribution in [-0.4, -0.2) is 15.1 Å². The van der Waals surface area contributed by atoms with Crippen LogP contribution in [0.2, 0.25) is 0 Å². The van der Waals surface area contributed by atoms with Crippen LogP contribution in [-0.2, 0) is 13.0 Å². The topological polar surface area (TPSA) is 113 Å². The molecule has 4 aromatic rings. The van der Waals surface area contributed by atoms with Crippen molar-refractivity contribution in [3.63, 3.8) is 0 Å². The van der Waals surface area contributed by atoms with Gasteiger partial charge >= 0.3 is 0 Å². The number of hydrogen-bond acceptors (Lipinski definition) is 7. The van der Waals surface area contributed by atoms with Crippen LogP contribution in [0.3, 0.4) is 0 Å². The molecule has 0 bridgehead atoms. The van der Waals surface area contributed by atoms with Crippen molar-refractivity contribution in [2.75, 3.05) is 11.5 Å². The van der Waals surface area contributed by atoms with Crippen LogP contribution in [0.5, 0.6) is 5.88 Å². The lowest BCUT2D eigenvalue weighted by Crippen LogP contribution is -2.00. The maximum Gasteiger partial charge on any atom is 0.213 e. The van der Waals surface area contributed by atoms with E-state index in [4.69, 9.17) is 20.7 Å². The molecular weight excluding hydrogens is 373 g/mol. The summed E-state index contributed by atoms with van der Waals surface area (Å²) in [5.74, 6) is 1.32. The summed E-state index contributed by atoms with van der Waals surface area (Å²) in [5, 5.41) is 4.08. The van der Waals surface area contributed by atoms with Gasteiger partial charge in [0.2, 0.25) is 5.88 Å². The Hall–Kier alpha value is -3.94. The van der Waals surface area contributed by atoms with Crippen molar-refractivity contribution >= 4 is 11.6 Å². The second-order valence-electron chi connectivity index (χ2n) is 6.41. The Bertz CT molecular complexity index is 1130. The van der Waals surface area contributed by atoms with Gasteiger partial charge < -0.3 is 20.7 Å². The maximum absolute atomic E-state index is 13.0. The largest absolute Gasteiger partial charge is 0.473 e. The molecule has 3 heterocycles. The van der Waals surface area contributed by atoms with Crippen molar-refractivity contribution < 1.29 is 13.7 Å². The Balaban J connectivity index is 1.44. The molecule has 29 heavy (non-hydrogen) atoms. The number of anilines is 2. The van der Waals surface area contributed by atoms with Gasteiger partial charge in [0.05, 0.1) is 17.0 Å². The fourth-order valence-corrected chi connectivity index (χ4v) is 2.78. The van der Waals surface area contributed by atoms with Gasteiger partial charge in [0, 0.05) is 18.6 Å². The molecule has 4 rings (SSSR count). The molecule has 7 nitrogen and oxygen atoms in total. The van der Waals surface area contributed by atoms with E-state index in [0.29, 0.717) is 41.7 Å². The van der Waals surface area contributed by atoms with Crippen molar-refractivity contribution in [3.8, 4) is 17.2 Å². The van der Waals surface area contributed by atoms with E-state index in [2.05, 4.69) is 15.1 Å². The zero-order chi connectivity index (χ0) is 20.2. The van der Waals surface area contributed by atoms with Gasteiger partial charge in [0.1, 0.15) is 24.1 Å². The smallest absolute Gasteiger partial charge is 0.213 e. The van der Waals surface area contributed by atoms with E-state index in [1.807, 2.05) is 12.1 Å². The van der Waals surface area contributed by atoms with Crippen molar-refractivity contribution in [2.24, 2.45) is 0 Å². The third-order valence-corrected chi connectivity index (χ3v) is 4.21. The van der Waals surface area contributed by atoms with Gasteiger partial charge in [-0.25, -0.2) is 14.4 Å². The molecule has 4 N–H and O–H groups in total. The Morgan fingerprint density at radius 3 is 2.55 bits per heavy atom. The first kappa shape index (κ1) is 18.4. The summed E-state index contributed by atoms with van der Waals surface area (Å²) in [7, 11) is 0. The predicted molar refractivity (Wildman–Crippen MR) is 106 cm³/mol. The molecule has 0 saturated heterocycles. The lowest BCUT2D eigenvalue weighted by molar-refractivity contribution is 0.293. The normalized spacial score (nSPS) is 10.8. The molecule has 8 heteroatoms. The third-order valence-electron chi connectivity index (χ3n) is 4.21. The average molecular weight is 391 g/mol. The van der Waals surface area contributed by atoms with Gasteiger partial charge in [-0.3, -0.25) is 0 Å². The van der Waals surface area contributed by atoms with Crippen LogP contribution in [0.1, 0.15) is 17.0 Å². The second kappa shape index (κ2) is 7.97. The van der Waals surface area contributed by atoms with Gasteiger partial charge in [0.15, 0.2) is 5.76 Å². The molecule has 0 atom stereocenters. The van der Waals surface area contributed by atoms with Gasteiger partial charge in [-0.05, 0) is 35.9 Å². The quantitative estimate of drug-likeness (QED) is 0.516. The number of halogens is 1. The number of ether oxygens (including phenoxy) is 1. The average Bonchev–Trinajstić information content (AvgIpc) is 3.16. The van der Waals surface area contributed by atoms with Crippen LogP contribution in [0.25, 0.3) is 11.3 Å². The molecule has 0 radical (unpaired) electrons. The van der Waals surface area contributed by atoms with Gasteiger partial charge in [-0.2, -0.15) is 0 Å². The Morgan fingerprint density at radius 1 is 0.931 bits per heavy atom. The first-order valence-electron chi connectivity index (χ1n) is 8.88. The number of aromatic nitrogens is 3. The predicted octanol–water partition coefficient (Wildman–Crippen LogP) is 3.60. The summed E-state index contributed by atoms with van der Waals surface area (Å²) in [5.41, 5.74) is 14.5. The summed E-state index contributed by atoms with van der Waals surface area (Å²) in [6.45, 7) is 0.300. The number of rotatable bonds is 6. The molecule has 0 aliphatic carbocycles. The molecule has 1 aromatic carbocycles. The lowest BCUT2D eigenvalue weighted by Gasteiger charge is -2.06. The Kier molecular flexibility index (Phi) is 5.07. The first-order chi connectivity index (χ1) is 14.1. The van der Waals surface area contributed by atoms with Gasteiger partial charge in [-0.15, -0.1) is 0 Å². The molecule has 3 aromatic heterocycles. The van der Waals surface area contributed by atoms with Crippen LogP contribution in [0.15, 0.2) is 65.2 Å². The highest BCUT2D eigenvalue weighted by atomic mass is 19.1. The monoisotopic (exact) mass is 391 g/mol. The lowest BCUT2D eigenvalue weighted by atomic mass is 10.1. The minimum Gasteiger partial charge on any atom is -0.473 e. The minimum atomic E-state index is -0.280. The summed E-state index contributed by atoms with van der Waals surface area (Å²) in [6, 6.07) is 16.8. The van der Waals surface area contributed by atoms with Crippen molar-refractivity contribution in [1.29, 1.82) is 0 Å². The summed E-state index contributed by atoms with van der Waals surface area (Å²) >= 11 is 0.